The van der Waals surface area contributed by atoms with Gasteiger partial charge in [0.25, 0.3) is 0 Å². The first kappa shape index (κ1) is 16.0. The van der Waals surface area contributed by atoms with E-state index in [1.807, 2.05) is 61.5 Å². The van der Waals surface area contributed by atoms with Gasteiger partial charge in [-0.25, -0.2) is 4.79 Å². The molecule has 0 aliphatic carbocycles. The van der Waals surface area contributed by atoms with E-state index in [4.69, 9.17) is 4.74 Å². The average Bonchev–Trinajstić information content (AvgIpc) is 2.61. The lowest BCUT2D eigenvalue weighted by molar-refractivity contribution is -0.116. The summed E-state index contributed by atoms with van der Waals surface area (Å²) in [6.07, 6.45) is 2.76. The van der Waals surface area contributed by atoms with Crippen molar-refractivity contribution >= 4 is 11.9 Å². The number of amides is 1. The third-order valence-corrected chi connectivity index (χ3v) is 4.03. The number of aryl methyl sites for hydroxylation is 1. The largest absolute Gasteiger partial charge is 0.444 e. The van der Waals surface area contributed by atoms with Gasteiger partial charge in [0.1, 0.15) is 6.61 Å². The molecule has 0 N–H and O–H groups in total. The normalized spacial score (nSPS) is 17.0. The monoisotopic (exact) mass is 321 g/mol. The quantitative estimate of drug-likeness (QED) is 0.852. The Morgan fingerprint density at radius 2 is 1.83 bits per heavy atom. The summed E-state index contributed by atoms with van der Waals surface area (Å²) in [5.41, 5.74) is 2.99. The number of hydrogen-bond donors (Lipinski definition) is 0. The molecule has 0 fully saturated rings. The summed E-state index contributed by atoms with van der Waals surface area (Å²) < 4.78 is 5.40. The predicted molar refractivity (Wildman–Crippen MR) is 91.2 cm³/mol. The summed E-state index contributed by atoms with van der Waals surface area (Å²) in [5.74, 6) is 0.00712. The van der Waals surface area contributed by atoms with Crippen molar-refractivity contribution in [1.82, 2.24) is 4.90 Å². The number of benzene rings is 2. The zero-order valence-electron chi connectivity index (χ0n) is 13.5. The van der Waals surface area contributed by atoms with Gasteiger partial charge in [-0.1, -0.05) is 60.2 Å². The first-order valence-corrected chi connectivity index (χ1v) is 7.90. The van der Waals surface area contributed by atoms with Gasteiger partial charge in [-0.15, -0.1) is 0 Å². The molecular formula is C20H19NO3. The summed E-state index contributed by atoms with van der Waals surface area (Å²) in [4.78, 5) is 25.8. The van der Waals surface area contributed by atoms with Gasteiger partial charge >= 0.3 is 6.09 Å². The second kappa shape index (κ2) is 7.13. The van der Waals surface area contributed by atoms with Gasteiger partial charge in [0.05, 0.1) is 6.04 Å². The maximum Gasteiger partial charge on any atom is 0.414 e. The van der Waals surface area contributed by atoms with Crippen LogP contribution in [0.25, 0.3) is 0 Å². The van der Waals surface area contributed by atoms with Crippen LogP contribution in [0.15, 0.2) is 66.9 Å². The molecule has 4 nitrogen and oxygen atoms in total. The van der Waals surface area contributed by atoms with Crippen molar-refractivity contribution in [2.45, 2.75) is 26.0 Å². The number of carbonyl (C=O) groups excluding carboxylic acids is 2. The summed E-state index contributed by atoms with van der Waals surface area (Å²) in [6, 6.07) is 17.0. The smallest absolute Gasteiger partial charge is 0.414 e. The molecule has 1 unspecified atom stereocenters. The number of carbonyl (C=O) groups is 2. The Balaban J connectivity index is 1.75. The van der Waals surface area contributed by atoms with Crippen molar-refractivity contribution in [3.63, 3.8) is 0 Å². The van der Waals surface area contributed by atoms with Crippen LogP contribution in [0.2, 0.25) is 0 Å². The van der Waals surface area contributed by atoms with Gasteiger partial charge < -0.3 is 4.74 Å². The van der Waals surface area contributed by atoms with Crippen LogP contribution in [0.1, 0.15) is 29.2 Å². The number of ether oxygens (including phenoxy) is 1. The predicted octanol–water partition coefficient (Wildman–Crippen LogP) is 4.16. The Kier molecular flexibility index (Phi) is 4.75. The number of hydrogen-bond acceptors (Lipinski definition) is 3. The zero-order valence-corrected chi connectivity index (χ0v) is 13.5. The Bertz CT molecular complexity index is 750. The summed E-state index contributed by atoms with van der Waals surface area (Å²) in [6.45, 7) is 2.21. The third-order valence-electron chi connectivity index (χ3n) is 4.03. The molecule has 1 aliphatic heterocycles. The van der Waals surface area contributed by atoms with E-state index in [2.05, 4.69) is 0 Å². The SMILES string of the molecule is Cc1ccc(C2CC(=O)C=CN2C(=O)OCc2ccccc2)cc1. The molecule has 0 aromatic heterocycles. The number of ketones is 1. The molecule has 0 saturated carbocycles. The standard InChI is InChI=1S/C20H19NO3/c1-15-7-9-17(10-8-15)19-13-18(22)11-12-21(19)20(23)24-14-16-5-3-2-4-6-16/h2-12,19H,13-14H2,1H3. The van der Waals surface area contributed by atoms with Crippen LogP contribution in [0.4, 0.5) is 4.79 Å². The van der Waals surface area contributed by atoms with Crippen molar-refractivity contribution in [2.24, 2.45) is 0 Å². The van der Waals surface area contributed by atoms with E-state index in [9.17, 15) is 9.59 Å². The first-order valence-electron chi connectivity index (χ1n) is 7.90. The molecule has 0 bridgehead atoms. The lowest BCUT2D eigenvalue weighted by Crippen LogP contribution is -2.34. The van der Waals surface area contributed by atoms with Gasteiger partial charge in [-0.3, -0.25) is 9.69 Å². The van der Waals surface area contributed by atoms with Crippen LogP contribution in [0.3, 0.4) is 0 Å². The third kappa shape index (κ3) is 3.71. The Labute approximate surface area is 141 Å². The maximum atomic E-state index is 12.5. The van der Waals surface area contributed by atoms with Crippen molar-refractivity contribution in [2.75, 3.05) is 0 Å². The van der Waals surface area contributed by atoms with E-state index in [0.717, 1.165) is 16.7 Å². The van der Waals surface area contributed by atoms with E-state index in [1.165, 1.54) is 17.2 Å². The van der Waals surface area contributed by atoms with E-state index in [1.54, 1.807) is 0 Å². The summed E-state index contributed by atoms with van der Waals surface area (Å²) in [5, 5.41) is 0. The van der Waals surface area contributed by atoms with Gasteiger partial charge in [0.15, 0.2) is 5.78 Å². The fourth-order valence-electron chi connectivity index (χ4n) is 2.67. The molecule has 4 heteroatoms. The number of nitrogens with zero attached hydrogens (tertiary/aromatic N) is 1. The fourth-order valence-corrected chi connectivity index (χ4v) is 2.67. The van der Waals surface area contributed by atoms with Gasteiger partial charge in [0.2, 0.25) is 0 Å². The highest BCUT2D eigenvalue weighted by Crippen LogP contribution is 2.29. The van der Waals surface area contributed by atoms with Crippen molar-refractivity contribution in [3.05, 3.63) is 83.6 Å². The molecule has 24 heavy (non-hydrogen) atoms. The average molecular weight is 321 g/mol. The van der Waals surface area contributed by atoms with Crippen molar-refractivity contribution in [1.29, 1.82) is 0 Å². The van der Waals surface area contributed by atoms with Gasteiger partial charge in [-0.2, -0.15) is 0 Å². The van der Waals surface area contributed by atoms with Crippen LogP contribution >= 0.6 is 0 Å². The first-order chi connectivity index (χ1) is 11.6. The molecule has 2 aromatic carbocycles. The van der Waals surface area contributed by atoms with Gasteiger partial charge in [-0.05, 0) is 24.1 Å². The lowest BCUT2D eigenvalue weighted by atomic mass is 9.97. The second-order valence-electron chi connectivity index (χ2n) is 5.86. The molecule has 122 valence electrons. The highest BCUT2D eigenvalue weighted by molar-refractivity contribution is 5.92. The molecule has 0 spiro atoms. The molecule has 1 amide bonds. The van der Waals surface area contributed by atoms with Crippen LogP contribution in [-0.2, 0) is 16.1 Å². The fraction of sp³-hybridized carbons (Fsp3) is 0.200. The van der Waals surface area contributed by atoms with E-state index >= 15 is 0 Å². The molecule has 1 heterocycles. The summed E-state index contributed by atoms with van der Waals surface area (Å²) >= 11 is 0. The highest BCUT2D eigenvalue weighted by atomic mass is 16.6. The Morgan fingerprint density at radius 3 is 2.54 bits per heavy atom. The number of rotatable bonds is 3. The minimum absolute atomic E-state index is 0.00712. The zero-order chi connectivity index (χ0) is 16.9. The molecule has 1 atom stereocenters. The molecule has 3 rings (SSSR count). The van der Waals surface area contributed by atoms with Crippen LogP contribution in [0, 0.1) is 6.92 Å². The van der Waals surface area contributed by atoms with Crippen LogP contribution in [-0.4, -0.2) is 16.8 Å². The van der Waals surface area contributed by atoms with Crippen LogP contribution < -0.4 is 0 Å². The second-order valence-corrected chi connectivity index (χ2v) is 5.86. The Morgan fingerprint density at radius 1 is 1.12 bits per heavy atom. The molecule has 2 aromatic rings. The van der Waals surface area contributed by atoms with E-state index in [0.29, 0.717) is 0 Å². The molecule has 0 saturated heterocycles. The van der Waals surface area contributed by atoms with Crippen LogP contribution in [0.5, 0.6) is 0 Å². The number of allylic oxidation sites excluding steroid dienone is 1. The van der Waals surface area contributed by atoms with Gasteiger partial charge in [0, 0.05) is 12.6 Å². The van der Waals surface area contributed by atoms with Crippen molar-refractivity contribution in [3.8, 4) is 0 Å². The topological polar surface area (TPSA) is 46.6 Å². The van der Waals surface area contributed by atoms with E-state index in [-0.39, 0.29) is 24.9 Å². The molecule has 0 radical (unpaired) electrons. The molecule has 1 aliphatic rings. The van der Waals surface area contributed by atoms with E-state index < -0.39 is 6.09 Å². The minimum Gasteiger partial charge on any atom is -0.444 e. The summed E-state index contributed by atoms with van der Waals surface area (Å²) in [7, 11) is 0. The van der Waals surface area contributed by atoms with Crippen molar-refractivity contribution < 1.29 is 14.3 Å². The molecular weight excluding hydrogens is 302 g/mol. The minimum atomic E-state index is -0.451. The highest BCUT2D eigenvalue weighted by Gasteiger charge is 2.29. The Hall–Kier alpha value is -2.88. The lowest BCUT2D eigenvalue weighted by Gasteiger charge is -2.30. The maximum absolute atomic E-state index is 12.5.